The van der Waals surface area contributed by atoms with Crippen molar-refractivity contribution in [1.29, 1.82) is 0 Å². The van der Waals surface area contributed by atoms with E-state index in [2.05, 4.69) is 29.1 Å². The molecule has 0 saturated carbocycles. The number of halogens is 1. The number of aromatic amines is 1. The summed E-state index contributed by atoms with van der Waals surface area (Å²) < 4.78 is 14.7. The van der Waals surface area contributed by atoms with Crippen molar-refractivity contribution in [3.8, 4) is 5.69 Å². The normalized spacial score (nSPS) is 11.7. The molecule has 0 radical (unpaired) electrons. The van der Waals surface area contributed by atoms with Crippen LogP contribution < -0.4 is 5.56 Å². The maximum atomic E-state index is 13.2. The van der Waals surface area contributed by atoms with Crippen LogP contribution >= 0.6 is 0 Å². The van der Waals surface area contributed by atoms with Gasteiger partial charge in [0.15, 0.2) is 0 Å². The molecule has 1 heterocycles. The zero-order valence-electron chi connectivity index (χ0n) is 15.7. The third kappa shape index (κ3) is 4.42. The van der Waals surface area contributed by atoms with Crippen LogP contribution in [-0.2, 0) is 12.8 Å². The van der Waals surface area contributed by atoms with Crippen LogP contribution in [-0.4, -0.2) is 22.0 Å². The van der Waals surface area contributed by atoms with Gasteiger partial charge >= 0.3 is 0 Å². The van der Waals surface area contributed by atoms with Gasteiger partial charge in [0.05, 0.1) is 11.3 Å². The van der Waals surface area contributed by atoms with Crippen molar-refractivity contribution >= 4 is 5.71 Å². The second kappa shape index (κ2) is 8.62. The Labute approximate surface area is 158 Å². The number of nitrogens with one attached hydrogen (secondary N) is 1. The third-order valence-corrected chi connectivity index (χ3v) is 4.50. The molecule has 2 aromatic carbocycles. The molecule has 0 amide bonds. The quantitative estimate of drug-likeness (QED) is 0.623. The van der Waals surface area contributed by atoms with Gasteiger partial charge < -0.3 is 0 Å². The molecule has 0 bridgehead atoms. The first-order chi connectivity index (χ1) is 13.1. The number of nitrogens with zero attached hydrogens (tertiary/aromatic N) is 2. The van der Waals surface area contributed by atoms with Crippen LogP contribution in [0, 0.1) is 5.82 Å². The Morgan fingerprint density at radius 2 is 1.78 bits per heavy atom. The Balaban J connectivity index is 1.89. The van der Waals surface area contributed by atoms with Gasteiger partial charge in [0.25, 0.3) is 5.56 Å². The molecule has 0 aliphatic carbocycles. The minimum Gasteiger partial charge on any atom is -0.294 e. The molecule has 140 valence electrons. The van der Waals surface area contributed by atoms with Gasteiger partial charge in [-0.1, -0.05) is 43.7 Å². The van der Waals surface area contributed by atoms with E-state index in [1.165, 1.54) is 22.4 Å². The van der Waals surface area contributed by atoms with Crippen molar-refractivity contribution in [1.82, 2.24) is 9.78 Å². The molecular weight excluding hydrogens is 341 g/mol. The van der Waals surface area contributed by atoms with Gasteiger partial charge in [-0.3, -0.25) is 14.9 Å². The molecule has 3 aromatic rings. The lowest BCUT2D eigenvalue weighted by Gasteiger charge is -2.02. The summed E-state index contributed by atoms with van der Waals surface area (Å²) in [7, 11) is 0. The molecule has 3 rings (SSSR count). The molecule has 4 nitrogen and oxygen atoms in total. The predicted molar refractivity (Wildman–Crippen MR) is 108 cm³/mol. The maximum absolute atomic E-state index is 13.2. The van der Waals surface area contributed by atoms with E-state index < -0.39 is 0 Å². The van der Waals surface area contributed by atoms with Gasteiger partial charge in [-0.25, -0.2) is 9.07 Å². The summed E-state index contributed by atoms with van der Waals surface area (Å²) >= 11 is 0. The van der Waals surface area contributed by atoms with Crippen LogP contribution in [0.4, 0.5) is 4.39 Å². The predicted octanol–water partition coefficient (Wildman–Crippen LogP) is 4.31. The van der Waals surface area contributed by atoms with Gasteiger partial charge in [-0.15, -0.1) is 0 Å². The van der Waals surface area contributed by atoms with E-state index in [1.54, 1.807) is 12.1 Å². The zero-order chi connectivity index (χ0) is 19.2. The minimum atomic E-state index is -0.328. The molecule has 27 heavy (non-hydrogen) atoms. The highest BCUT2D eigenvalue weighted by Gasteiger charge is 2.17. The van der Waals surface area contributed by atoms with Crippen LogP contribution in [0.15, 0.2) is 64.4 Å². The Morgan fingerprint density at radius 3 is 2.44 bits per heavy atom. The van der Waals surface area contributed by atoms with Gasteiger partial charge in [0.1, 0.15) is 5.82 Å². The molecule has 0 saturated heterocycles. The van der Waals surface area contributed by atoms with E-state index in [0.29, 0.717) is 17.8 Å². The number of hydrogen-bond donors (Lipinski definition) is 1. The van der Waals surface area contributed by atoms with E-state index >= 15 is 0 Å². The number of benzene rings is 2. The molecule has 5 heteroatoms. The fourth-order valence-corrected chi connectivity index (χ4v) is 3.13. The summed E-state index contributed by atoms with van der Waals surface area (Å²) in [5.41, 5.74) is 3.91. The molecule has 0 spiro atoms. The highest BCUT2D eigenvalue weighted by molar-refractivity contribution is 5.99. The lowest BCUT2D eigenvalue weighted by atomic mass is 10.1. The molecule has 0 aliphatic rings. The summed E-state index contributed by atoms with van der Waals surface area (Å²) in [4.78, 5) is 17.6. The molecule has 0 unspecified atom stereocenters. The Bertz CT molecular complexity index is 969. The van der Waals surface area contributed by atoms with Crippen molar-refractivity contribution in [3.05, 3.63) is 87.6 Å². The smallest absolute Gasteiger partial charge is 0.280 e. The van der Waals surface area contributed by atoms with Crippen LogP contribution in [0.25, 0.3) is 5.69 Å². The molecule has 0 atom stereocenters. The number of aryl methyl sites for hydroxylation is 1. The Kier molecular flexibility index (Phi) is 6.01. The number of aromatic nitrogens is 2. The Morgan fingerprint density at radius 1 is 1.07 bits per heavy atom. The molecular formula is C22H24FN3O. The number of rotatable bonds is 7. The van der Waals surface area contributed by atoms with E-state index in [9.17, 15) is 9.18 Å². The first-order valence-electron chi connectivity index (χ1n) is 9.25. The van der Waals surface area contributed by atoms with E-state index in [-0.39, 0.29) is 11.4 Å². The minimum absolute atomic E-state index is 0.147. The number of H-pyrrole nitrogens is 1. The zero-order valence-corrected chi connectivity index (χ0v) is 15.7. The average molecular weight is 365 g/mol. The Hall–Kier alpha value is -2.95. The van der Waals surface area contributed by atoms with Crippen LogP contribution in [0.1, 0.15) is 37.1 Å². The van der Waals surface area contributed by atoms with Crippen molar-refractivity contribution in [3.63, 3.8) is 0 Å². The molecule has 1 aromatic heterocycles. The van der Waals surface area contributed by atoms with E-state index in [0.717, 1.165) is 30.7 Å². The van der Waals surface area contributed by atoms with Crippen molar-refractivity contribution in [2.75, 3.05) is 6.54 Å². The molecule has 0 aliphatic heterocycles. The lowest BCUT2D eigenvalue weighted by Crippen LogP contribution is -2.20. The summed E-state index contributed by atoms with van der Waals surface area (Å²) in [5.74, 6) is -0.328. The topological polar surface area (TPSA) is 50.1 Å². The van der Waals surface area contributed by atoms with Gasteiger partial charge in [0, 0.05) is 18.0 Å². The fourth-order valence-electron chi connectivity index (χ4n) is 3.13. The molecule has 1 N–H and O–H groups in total. The summed E-state index contributed by atoms with van der Waals surface area (Å²) in [6, 6.07) is 16.1. The average Bonchev–Trinajstić information content (AvgIpc) is 3.00. The standard InChI is InChI=1S/C22H24FN3O/c1-3-7-20-21(16(2)24-15-14-17-8-5-4-6-9-17)22(27)26(25-20)19-12-10-18(23)11-13-19/h4-6,8-13,25H,3,7,14-15H2,1-2H3. The summed E-state index contributed by atoms with van der Waals surface area (Å²) in [6.07, 6.45) is 2.50. The second-order valence-corrected chi connectivity index (χ2v) is 6.54. The lowest BCUT2D eigenvalue weighted by molar-refractivity contribution is 0.626. The second-order valence-electron chi connectivity index (χ2n) is 6.54. The van der Waals surface area contributed by atoms with Crippen molar-refractivity contribution < 1.29 is 4.39 Å². The highest BCUT2D eigenvalue weighted by atomic mass is 19.1. The number of aliphatic imine (C=N–C) groups is 1. The van der Waals surface area contributed by atoms with Crippen LogP contribution in [0.2, 0.25) is 0 Å². The van der Waals surface area contributed by atoms with Crippen molar-refractivity contribution in [2.24, 2.45) is 4.99 Å². The maximum Gasteiger partial charge on any atom is 0.280 e. The van der Waals surface area contributed by atoms with E-state index in [4.69, 9.17) is 0 Å². The number of hydrogen-bond acceptors (Lipinski definition) is 2. The first kappa shape index (κ1) is 18.8. The SMILES string of the molecule is CCCc1[nH]n(-c2ccc(F)cc2)c(=O)c1C(C)=NCCc1ccccc1. The fraction of sp³-hybridized carbons (Fsp3) is 0.273. The third-order valence-electron chi connectivity index (χ3n) is 4.50. The summed E-state index contributed by atoms with van der Waals surface area (Å²) in [5, 5.41) is 3.18. The molecule has 0 fully saturated rings. The monoisotopic (exact) mass is 365 g/mol. The van der Waals surface area contributed by atoms with E-state index in [1.807, 2.05) is 25.1 Å². The van der Waals surface area contributed by atoms with Gasteiger partial charge in [-0.05, 0) is 49.6 Å². The van der Waals surface area contributed by atoms with Crippen molar-refractivity contribution in [2.45, 2.75) is 33.1 Å². The first-order valence-corrected chi connectivity index (χ1v) is 9.25. The van der Waals surface area contributed by atoms with Gasteiger partial charge in [-0.2, -0.15) is 0 Å². The van der Waals surface area contributed by atoms with Crippen LogP contribution in [0.5, 0.6) is 0 Å². The summed E-state index contributed by atoms with van der Waals surface area (Å²) in [6.45, 7) is 4.57. The highest BCUT2D eigenvalue weighted by Crippen LogP contribution is 2.12. The van der Waals surface area contributed by atoms with Crippen LogP contribution in [0.3, 0.4) is 0 Å². The largest absolute Gasteiger partial charge is 0.294 e. The van der Waals surface area contributed by atoms with Gasteiger partial charge in [0.2, 0.25) is 0 Å².